The van der Waals surface area contributed by atoms with E-state index in [1.54, 1.807) is 6.07 Å². The number of carbonyl (C=O) groups is 2. The summed E-state index contributed by atoms with van der Waals surface area (Å²) in [5.74, 6) is 0.977. The number of benzene rings is 1. The zero-order chi connectivity index (χ0) is 18.4. The van der Waals surface area contributed by atoms with Gasteiger partial charge in [-0.2, -0.15) is 0 Å². The summed E-state index contributed by atoms with van der Waals surface area (Å²) in [6.45, 7) is 8.98. The summed E-state index contributed by atoms with van der Waals surface area (Å²) in [4.78, 5) is 26.0. The Morgan fingerprint density at radius 1 is 1.32 bits per heavy atom. The van der Waals surface area contributed by atoms with Crippen LogP contribution in [0.15, 0.2) is 24.3 Å². The molecular weight excluding hydrogens is 318 g/mol. The van der Waals surface area contributed by atoms with Crippen LogP contribution < -0.4 is 15.8 Å². The van der Waals surface area contributed by atoms with Gasteiger partial charge >= 0.3 is 0 Å². The first-order chi connectivity index (χ1) is 11.9. The molecule has 0 spiro atoms. The Kier molecular flexibility index (Phi) is 6.82. The van der Waals surface area contributed by atoms with Crippen molar-refractivity contribution in [2.24, 2.45) is 17.6 Å². The normalized spacial score (nSPS) is 20.6. The monoisotopic (exact) mass is 347 g/mol. The highest BCUT2D eigenvalue weighted by Crippen LogP contribution is 2.26. The van der Waals surface area contributed by atoms with E-state index in [-0.39, 0.29) is 17.9 Å². The Balaban J connectivity index is 2.06. The molecule has 138 valence electrons. The lowest BCUT2D eigenvalue weighted by Crippen LogP contribution is -2.42. The molecular formula is C19H29N3O3. The third-order valence-corrected chi connectivity index (χ3v) is 4.72. The molecule has 25 heavy (non-hydrogen) atoms. The van der Waals surface area contributed by atoms with Crippen molar-refractivity contribution in [2.75, 3.05) is 26.2 Å². The lowest BCUT2D eigenvalue weighted by atomic mass is 9.91. The van der Waals surface area contributed by atoms with Crippen LogP contribution in [-0.4, -0.2) is 49.0 Å². The molecule has 1 aliphatic rings. The smallest absolute Gasteiger partial charge is 0.255 e. The molecule has 1 aliphatic heterocycles. The van der Waals surface area contributed by atoms with Gasteiger partial charge in [0.05, 0.1) is 12.2 Å². The van der Waals surface area contributed by atoms with Crippen molar-refractivity contribution in [3.05, 3.63) is 29.8 Å². The van der Waals surface area contributed by atoms with E-state index in [0.29, 0.717) is 42.7 Å². The summed E-state index contributed by atoms with van der Waals surface area (Å²) < 4.78 is 5.56. The summed E-state index contributed by atoms with van der Waals surface area (Å²) in [7, 11) is 0. The second-order valence-corrected chi connectivity index (χ2v) is 6.89. The number of ether oxygens (including phenoxy) is 1. The number of primary amides is 1. The van der Waals surface area contributed by atoms with Crippen molar-refractivity contribution in [1.82, 2.24) is 10.2 Å². The average molecular weight is 347 g/mol. The molecule has 2 amide bonds. The summed E-state index contributed by atoms with van der Waals surface area (Å²) in [6.07, 6.45) is 0.346. The topological polar surface area (TPSA) is 84.7 Å². The van der Waals surface area contributed by atoms with Gasteiger partial charge in [0.1, 0.15) is 5.75 Å². The highest BCUT2D eigenvalue weighted by atomic mass is 16.5. The van der Waals surface area contributed by atoms with Gasteiger partial charge in [0.25, 0.3) is 5.91 Å². The van der Waals surface area contributed by atoms with E-state index in [1.807, 2.05) is 25.1 Å². The van der Waals surface area contributed by atoms with Gasteiger partial charge in [0.2, 0.25) is 5.91 Å². The van der Waals surface area contributed by atoms with Crippen LogP contribution in [0.3, 0.4) is 0 Å². The molecule has 0 saturated carbocycles. The molecule has 0 aliphatic carbocycles. The molecule has 0 aromatic heterocycles. The Bertz CT molecular complexity index is 603. The fraction of sp³-hybridized carbons (Fsp3) is 0.579. The van der Waals surface area contributed by atoms with Crippen molar-refractivity contribution >= 4 is 11.8 Å². The molecule has 1 aromatic carbocycles. The molecule has 6 heteroatoms. The zero-order valence-electron chi connectivity index (χ0n) is 15.3. The molecule has 1 fully saturated rings. The van der Waals surface area contributed by atoms with Crippen LogP contribution in [-0.2, 0) is 4.79 Å². The van der Waals surface area contributed by atoms with Crippen LogP contribution in [0.2, 0.25) is 0 Å². The molecule has 1 saturated heterocycles. The van der Waals surface area contributed by atoms with E-state index in [4.69, 9.17) is 10.5 Å². The van der Waals surface area contributed by atoms with Crippen molar-refractivity contribution in [1.29, 1.82) is 0 Å². The van der Waals surface area contributed by atoms with E-state index in [2.05, 4.69) is 24.1 Å². The molecule has 0 radical (unpaired) electrons. The first kappa shape index (κ1) is 19.2. The number of nitrogens with zero attached hydrogens (tertiary/aromatic N) is 1. The highest BCUT2D eigenvalue weighted by molar-refractivity contribution is 5.97. The molecule has 2 atom stereocenters. The van der Waals surface area contributed by atoms with E-state index in [0.717, 1.165) is 13.1 Å². The van der Waals surface area contributed by atoms with Gasteiger partial charge in [-0.25, -0.2) is 0 Å². The summed E-state index contributed by atoms with van der Waals surface area (Å²) >= 11 is 0. The van der Waals surface area contributed by atoms with E-state index in [9.17, 15) is 9.59 Å². The fourth-order valence-corrected chi connectivity index (χ4v) is 3.37. The first-order valence-electron chi connectivity index (χ1n) is 8.95. The van der Waals surface area contributed by atoms with Crippen LogP contribution in [0.5, 0.6) is 5.75 Å². The number of carbonyl (C=O) groups excluding carboxylic acids is 2. The van der Waals surface area contributed by atoms with Crippen molar-refractivity contribution < 1.29 is 14.3 Å². The van der Waals surface area contributed by atoms with Crippen LogP contribution in [0.1, 0.15) is 37.6 Å². The number of rotatable bonds is 8. The Morgan fingerprint density at radius 3 is 2.68 bits per heavy atom. The number of para-hydroxylation sites is 1. The maximum absolute atomic E-state index is 12.8. The summed E-state index contributed by atoms with van der Waals surface area (Å²) in [5.41, 5.74) is 5.81. The quantitative estimate of drug-likeness (QED) is 0.749. The van der Waals surface area contributed by atoms with Crippen LogP contribution in [0, 0.1) is 11.8 Å². The minimum absolute atomic E-state index is 0.0510. The molecule has 0 unspecified atom stereocenters. The SMILES string of the molecule is CCOc1ccccc1C(=O)N[C@@H]1CN(CCC(N)=O)C[C@H]1C(C)C. The highest BCUT2D eigenvalue weighted by Gasteiger charge is 2.35. The number of hydrogen-bond acceptors (Lipinski definition) is 4. The predicted octanol–water partition coefficient (Wildman–Crippen LogP) is 1.65. The molecule has 1 aromatic rings. The summed E-state index contributed by atoms with van der Waals surface area (Å²) in [6, 6.07) is 7.34. The average Bonchev–Trinajstić information content (AvgIpc) is 2.97. The third-order valence-electron chi connectivity index (χ3n) is 4.72. The lowest BCUT2D eigenvalue weighted by molar-refractivity contribution is -0.118. The number of amides is 2. The number of likely N-dealkylation sites (tertiary alicyclic amines) is 1. The molecule has 0 bridgehead atoms. The van der Waals surface area contributed by atoms with Crippen LogP contribution >= 0.6 is 0 Å². The maximum Gasteiger partial charge on any atom is 0.255 e. The second kappa shape index (κ2) is 8.85. The standard InChI is InChI=1S/C19H29N3O3/c1-4-25-17-8-6-5-7-14(17)19(24)21-16-12-22(10-9-18(20)23)11-15(16)13(2)3/h5-8,13,15-16H,4,9-12H2,1-3H3,(H2,20,23)(H,21,24)/t15-,16+/m0/s1. The van der Waals surface area contributed by atoms with E-state index >= 15 is 0 Å². The Hall–Kier alpha value is -2.08. The Labute approximate surface area is 149 Å². The Morgan fingerprint density at radius 2 is 2.04 bits per heavy atom. The van der Waals surface area contributed by atoms with E-state index < -0.39 is 0 Å². The van der Waals surface area contributed by atoms with Gasteiger partial charge in [-0.3, -0.25) is 9.59 Å². The van der Waals surface area contributed by atoms with Crippen molar-refractivity contribution in [3.8, 4) is 5.75 Å². The second-order valence-electron chi connectivity index (χ2n) is 6.89. The van der Waals surface area contributed by atoms with Crippen LogP contribution in [0.4, 0.5) is 0 Å². The molecule has 2 rings (SSSR count). The lowest BCUT2D eigenvalue weighted by Gasteiger charge is -2.23. The summed E-state index contributed by atoms with van der Waals surface area (Å²) in [5, 5.41) is 3.17. The van der Waals surface area contributed by atoms with Gasteiger partial charge in [-0.1, -0.05) is 26.0 Å². The van der Waals surface area contributed by atoms with Gasteiger partial charge in [0, 0.05) is 32.1 Å². The molecule has 3 N–H and O–H groups in total. The first-order valence-corrected chi connectivity index (χ1v) is 8.95. The van der Waals surface area contributed by atoms with Gasteiger partial charge in [-0.05, 0) is 30.9 Å². The van der Waals surface area contributed by atoms with Crippen molar-refractivity contribution in [2.45, 2.75) is 33.2 Å². The minimum atomic E-state index is -0.292. The van der Waals surface area contributed by atoms with Gasteiger partial charge in [0.15, 0.2) is 0 Å². The van der Waals surface area contributed by atoms with Crippen LogP contribution in [0.25, 0.3) is 0 Å². The van der Waals surface area contributed by atoms with Gasteiger partial charge in [-0.15, -0.1) is 0 Å². The van der Waals surface area contributed by atoms with Crippen molar-refractivity contribution in [3.63, 3.8) is 0 Å². The maximum atomic E-state index is 12.8. The van der Waals surface area contributed by atoms with Gasteiger partial charge < -0.3 is 20.7 Å². The molecule has 6 nitrogen and oxygen atoms in total. The molecule has 1 heterocycles. The number of nitrogens with two attached hydrogens (primary N) is 1. The number of nitrogens with one attached hydrogen (secondary N) is 1. The third kappa shape index (κ3) is 5.19. The number of hydrogen-bond donors (Lipinski definition) is 2. The largest absolute Gasteiger partial charge is 0.493 e. The zero-order valence-corrected chi connectivity index (χ0v) is 15.3. The fourth-order valence-electron chi connectivity index (χ4n) is 3.37. The predicted molar refractivity (Wildman–Crippen MR) is 97.4 cm³/mol. The van der Waals surface area contributed by atoms with E-state index in [1.165, 1.54) is 0 Å². The minimum Gasteiger partial charge on any atom is -0.493 e.